The first-order valence-electron chi connectivity index (χ1n) is 5.93. The lowest BCUT2D eigenvalue weighted by Gasteiger charge is -2.11. The quantitative estimate of drug-likeness (QED) is 0.870. The summed E-state index contributed by atoms with van der Waals surface area (Å²) in [4.78, 5) is 12.0. The summed E-state index contributed by atoms with van der Waals surface area (Å²) in [6.07, 6.45) is 0. The number of aromatic nitrogens is 4. The van der Waals surface area contributed by atoms with Gasteiger partial charge in [-0.25, -0.2) is 9.07 Å². The Labute approximate surface area is 119 Å². The van der Waals surface area contributed by atoms with Gasteiger partial charge in [-0.15, -0.1) is 5.10 Å². The number of halogens is 1. The number of amides is 1. The molecule has 1 aromatic carbocycles. The fraction of sp³-hybridized carbons (Fsp3) is 0.333. The van der Waals surface area contributed by atoms with E-state index in [1.807, 2.05) is 0 Å². The zero-order valence-electron chi connectivity index (χ0n) is 11.3. The molecule has 1 atom stereocenters. The van der Waals surface area contributed by atoms with Crippen molar-refractivity contribution in [2.45, 2.75) is 24.3 Å². The highest BCUT2D eigenvalue weighted by molar-refractivity contribution is 8.00. The average molecular weight is 295 g/mol. The van der Waals surface area contributed by atoms with Crippen LogP contribution in [0.25, 0.3) is 0 Å². The fourth-order valence-corrected chi connectivity index (χ4v) is 2.20. The molecular weight excluding hydrogens is 281 g/mol. The van der Waals surface area contributed by atoms with E-state index >= 15 is 0 Å². The highest BCUT2D eigenvalue weighted by Gasteiger charge is 2.18. The van der Waals surface area contributed by atoms with E-state index in [-0.39, 0.29) is 11.7 Å². The SMILES string of the molecule is Cc1ccc(NC(=O)C(C)Sc2nnnn2C)cc1F. The predicted molar refractivity (Wildman–Crippen MR) is 73.9 cm³/mol. The van der Waals surface area contributed by atoms with Gasteiger partial charge >= 0.3 is 0 Å². The number of carbonyl (C=O) groups is 1. The van der Waals surface area contributed by atoms with Crippen LogP contribution in [0.1, 0.15) is 12.5 Å². The van der Waals surface area contributed by atoms with Crippen molar-refractivity contribution in [3.63, 3.8) is 0 Å². The first-order valence-corrected chi connectivity index (χ1v) is 6.81. The Bertz CT molecular complexity index is 630. The summed E-state index contributed by atoms with van der Waals surface area (Å²) in [7, 11) is 1.70. The molecule has 2 rings (SSSR count). The molecule has 1 amide bonds. The first-order chi connectivity index (χ1) is 9.47. The Morgan fingerprint density at radius 2 is 2.25 bits per heavy atom. The van der Waals surface area contributed by atoms with Crippen LogP contribution in [0.5, 0.6) is 0 Å². The summed E-state index contributed by atoms with van der Waals surface area (Å²) >= 11 is 1.23. The lowest BCUT2D eigenvalue weighted by atomic mass is 10.2. The maximum absolute atomic E-state index is 13.4. The molecule has 0 spiro atoms. The molecule has 0 aliphatic carbocycles. The van der Waals surface area contributed by atoms with E-state index in [4.69, 9.17) is 0 Å². The van der Waals surface area contributed by atoms with Gasteiger partial charge in [0.15, 0.2) is 0 Å². The zero-order valence-corrected chi connectivity index (χ0v) is 12.1. The maximum Gasteiger partial charge on any atom is 0.237 e. The van der Waals surface area contributed by atoms with Crippen molar-refractivity contribution < 1.29 is 9.18 Å². The molecule has 0 bridgehead atoms. The van der Waals surface area contributed by atoms with E-state index in [0.29, 0.717) is 16.4 Å². The van der Waals surface area contributed by atoms with E-state index in [0.717, 1.165) is 0 Å². The van der Waals surface area contributed by atoms with Crippen molar-refractivity contribution in [3.8, 4) is 0 Å². The van der Waals surface area contributed by atoms with E-state index in [1.165, 1.54) is 22.5 Å². The number of nitrogens with zero attached hydrogens (tertiary/aromatic N) is 4. The number of aryl methyl sites for hydroxylation is 2. The van der Waals surface area contributed by atoms with Crippen LogP contribution in [-0.2, 0) is 11.8 Å². The minimum Gasteiger partial charge on any atom is -0.325 e. The highest BCUT2D eigenvalue weighted by Crippen LogP contribution is 2.21. The van der Waals surface area contributed by atoms with Crippen molar-refractivity contribution in [3.05, 3.63) is 29.6 Å². The number of thioether (sulfide) groups is 1. The van der Waals surface area contributed by atoms with Crippen LogP contribution in [0.15, 0.2) is 23.4 Å². The number of rotatable bonds is 4. The number of carbonyl (C=O) groups excluding carboxylic acids is 1. The second kappa shape index (κ2) is 6.00. The monoisotopic (exact) mass is 295 g/mol. The Hall–Kier alpha value is -1.96. The minimum absolute atomic E-state index is 0.235. The molecule has 0 saturated carbocycles. The van der Waals surface area contributed by atoms with Crippen LogP contribution in [0.2, 0.25) is 0 Å². The number of hydrogen-bond donors (Lipinski definition) is 1. The molecule has 1 unspecified atom stereocenters. The number of hydrogen-bond acceptors (Lipinski definition) is 5. The maximum atomic E-state index is 13.4. The molecule has 0 aliphatic rings. The number of tetrazole rings is 1. The van der Waals surface area contributed by atoms with Crippen LogP contribution >= 0.6 is 11.8 Å². The molecule has 0 saturated heterocycles. The van der Waals surface area contributed by atoms with E-state index in [1.54, 1.807) is 33.0 Å². The topological polar surface area (TPSA) is 72.7 Å². The second-order valence-corrected chi connectivity index (χ2v) is 5.61. The molecule has 1 aromatic heterocycles. The van der Waals surface area contributed by atoms with E-state index in [9.17, 15) is 9.18 Å². The third-order valence-corrected chi connectivity index (χ3v) is 3.80. The Balaban J connectivity index is 2.00. The minimum atomic E-state index is -0.399. The van der Waals surface area contributed by atoms with Gasteiger partial charge in [-0.2, -0.15) is 0 Å². The normalized spacial score (nSPS) is 12.2. The van der Waals surface area contributed by atoms with Crippen molar-refractivity contribution in [1.82, 2.24) is 20.2 Å². The van der Waals surface area contributed by atoms with Crippen LogP contribution in [0.3, 0.4) is 0 Å². The third-order valence-electron chi connectivity index (χ3n) is 2.67. The summed E-state index contributed by atoms with van der Waals surface area (Å²) in [5.74, 6) is -0.582. The molecule has 0 aliphatic heterocycles. The van der Waals surface area contributed by atoms with Gasteiger partial charge in [-0.05, 0) is 42.0 Å². The van der Waals surface area contributed by atoms with Gasteiger partial charge < -0.3 is 5.32 Å². The fourth-order valence-electron chi connectivity index (χ4n) is 1.45. The summed E-state index contributed by atoms with van der Waals surface area (Å²) in [6.45, 7) is 3.40. The van der Waals surface area contributed by atoms with Crippen LogP contribution in [-0.4, -0.2) is 31.4 Å². The second-order valence-electron chi connectivity index (χ2n) is 4.30. The smallest absolute Gasteiger partial charge is 0.237 e. The summed E-state index contributed by atoms with van der Waals surface area (Å²) < 4.78 is 14.9. The molecule has 8 heteroatoms. The Morgan fingerprint density at radius 3 is 2.85 bits per heavy atom. The molecule has 6 nitrogen and oxygen atoms in total. The lowest BCUT2D eigenvalue weighted by molar-refractivity contribution is -0.115. The third kappa shape index (κ3) is 3.32. The number of benzene rings is 1. The van der Waals surface area contributed by atoms with Gasteiger partial charge in [0.2, 0.25) is 11.1 Å². The largest absolute Gasteiger partial charge is 0.325 e. The van der Waals surface area contributed by atoms with Gasteiger partial charge in [0.05, 0.1) is 5.25 Å². The Morgan fingerprint density at radius 1 is 1.50 bits per heavy atom. The van der Waals surface area contributed by atoms with Crippen molar-refractivity contribution in [2.24, 2.45) is 7.05 Å². The van der Waals surface area contributed by atoms with Crippen LogP contribution in [0, 0.1) is 12.7 Å². The first kappa shape index (κ1) is 14.4. The van der Waals surface area contributed by atoms with Crippen LogP contribution < -0.4 is 5.32 Å². The van der Waals surface area contributed by atoms with E-state index < -0.39 is 5.25 Å². The molecule has 1 heterocycles. The van der Waals surface area contributed by atoms with Gasteiger partial charge in [0, 0.05) is 12.7 Å². The molecule has 0 fully saturated rings. The van der Waals surface area contributed by atoms with Gasteiger partial charge in [0.1, 0.15) is 5.82 Å². The van der Waals surface area contributed by atoms with Crippen molar-refractivity contribution >= 4 is 23.4 Å². The molecule has 2 aromatic rings. The van der Waals surface area contributed by atoms with Crippen molar-refractivity contribution in [2.75, 3.05) is 5.32 Å². The molecule has 0 radical (unpaired) electrons. The number of nitrogens with one attached hydrogen (secondary N) is 1. The van der Waals surface area contributed by atoms with Gasteiger partial charge in [0.25, 0.3) is 0 Å². The van der Waals surface area contributed by atoms with Crippen molar-refractivity contribution in [1.29, 1.82) is 0 Å². The van der Waals surface area contributed by atoms with Gasteiger partial charge in [-0.1, -0.05) is 17.8 Å². The predicted octanol–water partition coefficient (Wildman–Crippen LogP) is 1.78. The lowest BCUT2D eigenvalue weighted by Crippen LogP contribution is -2.23. The summed E-state index contributed by atoms with van der Waals surface area (Å²) in [5.41, 5.74) is 0.970. The number of anilines is 1. The standard InChI is InChI=1S/C12H14FN5OS/c1-7-4-5-9(6-10(7)13)14-11(19)8(2)20-12-15-16-17-18(12)3/h4-6,8H,1-3H3,(H,14,19). The van der Waals surface area contributed by atoms with Crippen LogP contribution in [0.4, 0.5) is 10.1 Å². The summed E-state index contributed by atoms with van der Waals surface area (Å²) in [6, 6.07) is 4.58. The average Bonchev–Trinajstić information content (AvgIpc) is 2.79. The van der Waals surface area contributed by atoms with Gasteiger partial charge in [-0.3, -0.25) is 4.79 Å². The molecule has 1 N–H and O–H groups in total. The molecule has 20 heavy (non-hydrogen) atoms. The summed E-state index contributed by atoms with van der Waals surface area (Å²) in [5, 5.41) is 13.8. The Kier molecular flexibility index (Phi) is 4.33. The highest BCUT2D eigenvalue weighted by atomic mass is 32.2. The molecular formula is C12H14FN5OS. The molecule has 106 valence electrons. The zero-order chi connectivity index (χ0) is 14.7. The van der Waals surface area contributed by atoms with E-state index in [2.05, 4.69) is 20.8 Å².